The number of nitrogens with zero attached hydrogens (tertiary/aromatic N) is 6. The SMILES string of the molecule is Cc1nc(-c2cccc(C(F)(F)F)c2)nc2c1N1CCCC(C1)N2C(=O)Nc1nccc(OCCCO)n1. The normalized spacial score (nSPS) is 16.7. The van der Waals surface area contributed by atoms with E-state index in [-0.39, 0.29) is 42.5 Å². The van der Waals surface area contributed by atoms with E-state index < -0.39 is 17.8 Å². The number of nitrogens with one attached hydrogen (secondary N) is 1. The molecular weight excluding hydrogens is 503 g/mol. The Kier molecular flexibility index (Phi) is 7.02. The number of amides is 2. The maximum Gasteiger partial charge on any atom is 0.416 e. The fourth-order valence-corrected chi connectivity index (χ4v) is 4.74. The minimum atomic E-state index is -4.51. The van der Waals surface area contributed by atoms with Crippen LogP contribution in [0, 0.1) is 6.92 Å². The molecule has 2 aliphatic rings. The number of urea groups is 1. The van der Waals surface area contributed by atoms with Crippen LogP contribution in [0.3, 0.4) is 0 Å². The summed E-state index contributed by atoms with van der Waals surface area (Å²) in [5.74, 6) is 0.701. The average Bonchev–Trinajstić information content (AvgIpc) is 2.88. The number of anilines is 3. The standard InChI is InChI=1S/C25H26F3N7O3/c1-15-20-22(32-21(30-15)16-5-2-6-17(13-16)25(26,27)28)35(18-7-3-10-34(20)14-18)24(37)33-23-29-9-8-19(31-23)38-12-4-11-36/h2,5-6,8-9,13,18,36H,3-4,7,10-12,14H2,1H3,(H,29,31,33,37). The molecule has 13 heteroatoms. The van der Waals surface area contributed by atoms with Crippen molar-refractivity contribution in [2.24, 2.45) is 0 Å². The molecule has 38 heavy (non-hydrogen) atoms. The van der Waals surface area contributed by atoms with Crippen molar-refractivity contribution in [2.75, 3.05) is 41.4 Å². The summed E-state index contributed by atoms with van der Waals surface area (Å²) in [7, 11) is 0. The third-order valence-electron chi connectivity index (χ3n) is 6.41. The van der Waals surface area contributed by atoms with Crippen molar-refractivity contribution in [3.8, 4) is 17.3 Å². The molecule has 1 aromatic carbocycles. The van der Waals surface area contributed by atoms with Crippen LogP contribution in [0.25, 0.3) is 11.4 Å². The van der Waals surface area contributed by atoms with Gasteiger partial charge in [-0.2, -0.15) is 18.2 Å². The van der Waals surface area contributed by atoms with Gasteiger partial charge in [-0.15, -0.1) is 0 Å². The Hall–Kier alpha value is -4.00. The quantitative estimate of drug-likeness (QED) is 0.460. The predicted octanol–water partition coefficient (Wildman–Crippen LogP) is 4.04. The van der Waals surface area contributed by atoms with Crippen LogP contribution in [0.5, 0.6) is 5.88 Å². The van der Waals surface area contributed by atoms with Gasteiger partial charge in [-0.1, -0.05) is 12.1 Å². The molecule has 2 N–H and O–H groups in total. The minimum Gasteiger partial charge on any atom is -0.477 e. The molecule has 2 aliphatic heterocycles. The summed E-state index contributed by atoms with van der Waals surface area (Å²) in [6, 6.07) is 5.65. The topological polar surface area (TPSA) is 117 Å². The highest BCUT2D eigenvalue weighted by Crippen LogP contribution is 2.41. The number of aliphatic hydroxyl groups excluding tert-OH is 1. The highest BCUT2D eigenvalue weighted by Gasteiger charge is 2.40. The first kappa shape index (κ1) is 25.6. The molecule has 2 aromatic heterocycles. The monoisotopic (exact) mass is 529 g/mol. The number of carbonyl (C=O) groups excluding carboxylic acids is 1. The van der Waals surface area contributed by atoms with E-state index in [1.54, 1.807) is 13.0 Å². The Morgan fingerprint density at radius 2 is 2.08 bits per heavy atom. The van der Waals surface area contributed by atoms with E-state index in [1.165, 1.54) is 23.2 Å². The number of benzene rings is 1. The number of alkyl halides is 3. The van der Waals surface area contributed by atoms with E-state index in [1.807, 2.05) is 0 Å². The van der Waals surface area contributed by atoms with Gasteiger partial charge in [0, 0.05) is 43.9 Å². The lowest BCUT2D eigenvalue weighted by Crippen LogP contribution is -2.56. The Morgan fingerprint density at radius 1 is 1.24 bits per heavy atom. The number of hydrogen-bond acceptors (Lipinski definition) is 8. The van der Waals surface area contributed by atoms with Gasteiger partial charge in [0.1, 0.15) is 5.69 Å². The minimum absolute atomic E-state index is 0.0226. The largest absolute Gasteiger partial charge is 0.477 e. The predicted molar refractivity (Wildman–Crippen MR) is 133 cm³/mol. The maximum absolute atomic E-state index is 13.6. The van der Waals surface area contributed by atoms with E-state index in [9.17, 15) is 18.0 Å². The molecule has 200 valence electrons. The Labute approximate surface area is 216 Å². The van der Waals surface area contributed by atoms with Crippen LogP contribution in [0.1, 0.15) is 30.5 Å². The van der Waals surface area contributed by atoms with Gasteiger partial charge < -0.3 is 14.7 Å². The summed E-state index contributed by atoms with van der Waals surface area (Å²) in [5, 5.41) is 11.6. The fraction of sp³-hybridized carbons (Fsp3) is 0.400. The number of piperidine rings is 1. The molecule has 0 aliphatic carbocycles. The first-order valence-corrected chi connectivity index (χ1v) is 12.2. The number of aromatic nitrogens is 4. The molecule has 10 nitrogen and oxygen atoms in total. The highest BCUT2D eigenvalue weighted by molar-refractivity contribution is 6.04. The maximum atomic E-state index is 13.6. The summed E-state index contributed by atoms with van der Waals surface area (Å²) >= 11 is 0. The average molecular weight is 530 g/mol. The van der Waals surface area contributed by atoms with Crippen LogP contribution < -0.4 is 19.9 Å². The third kappa shape index (κ3) is 5.19. The van der Waals surface area contributed by atoms with Gasteiger partial charge in [0.05, 0.1) is 23.9 Å². The van der Waals surface area contributed by atoms with Gasteiger partial charge in [0.2, 0.25) is 11.8 Å². The van der Waals surface area contributed by atoms with E-state index in [2.05, 4.69) is 30.2 Å². The number of rotatable bonds is 6. The molecule has 1 saturated heterocycles. The summed E-state index contributed by atoms with van der Waals surface area (Å²) in [4.78, 5) is 34.7. The number of halogens is 3. The highest BCUT2D eigenvalue weighted by atomic mass is 19.4. The Balaban J connectivity index is 1.50. The number of fused-ring (bicyclic) bond motifs is 4. The smallest absolute Gasteiger partial charge is 0.416 e. The molecule has 0 radical (unpaired) electrons. The van der Waals surface area contributed by atoms with Crippen molar-refractivity contribution in [3.05, 3.63) is 47.8 Å². The zero-order valence-electron chi connectivity index (χ0n) is 20.6. The molecule has 1 fully saturated rings. The molecule has 0 spiro atoms. The number of aliphatic hydroxyl groups is 1. The summed E-state index contributed by atoms with van der Waals surface area (Å²) in [6.45, 7) is 3.35. The lowest BCUT2D eigenvalue weighted by Gasteiger charge is -2.46. The van der Waals surface area contributed by atoms with Gasteiger partial charge >= 0.3 is 12.2 Å². The Bertz CT molecular complexity index is 1340. The molecule has 0 saturated carbocycles. The lowest BCUT2D eigenvalue weighted by atomic mass is 9.99. The summed E-state index contributed by atoms with van der Waals surface area (Å²) in [5.41, 5.74) is 0.639. The van der Waals surface area contributed by atoms with Gasteiger partial charge in [-0.05, 0) is 31.9 Å². The number of ether oxygens (including phenoxy) is 1. The van der Waals surface area contributed by atoms with E-state index >= 15 is 0 Å². The van der Waals surface area contributed by atoms with Crippen molar-refractivity contribution >= 4 is 23.5 Å². The van der Waals surface area contributed by atoms with E-state index in [4.69, 9.17) is 9.84 Å². The van der Waals surface area contributed by atoms with Crippen molar-refractivity contribution in [2.45, 2.75) is 38.4 Å². The second-order valence-corrected chi connectivity index (χ2v) is 9.07. The molecule has 5 rings (SSSR count). The van der Waals surface area contributed by atoms with Crippen LogP contribution in [0.15, 0.2) is 36.5 Å². The van der Waals surface area contributed by atoms with Crippen molar-refractivity contribution < 1.29 is 27.8 Å². The zero-order chi connectivity index (χ0) is 26.9. The van der Waals surface area contributed by atoms with E-state index in [0.717, 1.165) is 31.5 Å². The van der Waals surface area contributed by atoms with E-state index in [0.29, 0.717) is 30.2 Å². The molecule has 1 unspecified atom stereocenters. The zero-order valence-corrected chi connectivity index (χ0v) is 20.6. The molecule has 1 atom stereocenters. The fourth-order valence-electron chi connectivity index (χ4n) is 4.74. The van der Waals surface area contributed by atoms with Gasteiger partial charge in [-0.25, -0.2) is 19.7 Å². The van der Waals surface area contributed by atoms with Gasteiger partial charge in [0.15, 0.2) is 11.6 Å². The lowest BCUT2D eigenvalue weighted by molar-refractivity contribution is -0.137. The molecule has 4 heterocycles. The third-order valence-corrected chi connectivity index (χ3v) is 6.41. The van der Waals surface area contributed by atoms with Crippen LogP contribution in [0.4, 0.5) is 35.4 Å². The van der Waals surface area contributed by atoms with Crippen molar-refractivity contribution in [1.29, 1.82) is 0 Å². The van der Waals surface area contributed by atoms with Crippen molar-refractivity contribution in [1.82, 2.24) is 19.9 Å². The number of aryl methyl sites for hydroxylation is 1. The molecular formula is C25H26F3N7O3. The van der Waals surface area contributed by atoms with Crippen LogP contribution >= 0.6 is 0 Å². The van der Waals surface area contributed by atoms with Gasteiger partial charge in [0.25, 0.3) is 0 Å². The van der Waals surface area contributed by atoms with Crippen LogP contribution in [0.2, 0.25) is 0 Å². The molecule has 2 amide bonds. The first-order chi connectivity index (χ1) is 18.2. The van der Waals surface area contributed by atoms with Crippen molar-refractivity contribution in [3.63, 3.8) is 0 Å². The second-order valence-electron chi connectivity index (χ2n) is 9.07. The Morgan fingerprint density at radius 3 is 2.87 bits per heavy atom. The number of carbonyl (C=O) groups is 1. The summed E-state index contributed by atoms with van der Waals surface area (Å²) in [6.07, 6.45) is -1.04. The number of hydrogen-bond donors (Lipinski definition) is 2. The van der Waals surface area contributed by atoms with Gasteiger partial charge in [-0.3, -0.25) is 10.2 Å². The van der Waals surface area contributed by atoms with Crippen LogP contribution in [-0.4, -0.2) is 63.4 Å². The summed E-state index contributed by atoms with van der Waals surface area (Å²) < 4.78 is 45.5. The molecule has 2 bridgehead atoms. The second kappa shape index (κ2) is 10.4. The first-order valence-electron chi connectivity index (χ1n) is 12.2. The molecule has 3 aromatic rings. The van der Waals surface area contributed by atoms with Crippen LogP contribution in [-0.2, 0) is 6.18 Å².